The Morgan fingerprint density at radius 2 is 1.74 bits per heavy atom. The summed E-state index contributed by atoms with van der Waals surface area (Å²) in [5, 5.41) is 2.65. The molecule has 98 valence electrons. The van der Waals surface area contributed by atoms with E-state index in [1.807, 2.05) is 0 Å². The number of anilines is 2. The van der Waals surface area contributed by atoms with Gasteiger partial charge in [0.25, 0.3) is 5.91 Å². The number of nitrogens with one attached hydrogen (secondary N) is 1. The van der Waals surface area contributed by atoms with E-state index in [0.717, 1.165) is 0 Å². The van der Waals surface area contributed by atoms with Crippen LogP contribution in [0.3, 0.4) is 0 Å². The second-order valence-corrected chi connectivity index (χ2v) is 4.57. The zero-order valence-electron chi connectivity index (χ0n) is 9.58. The predicted octanol–water partition coefficient (Wildman–Crippen LogP) is 3.97. The molecule has 0 saturated heterocycles. The summed E-state index contributed by atoms with van der Waals surface area (Å²) in [5.41, 5.74) is 5.87. The van der Waals surface area contributed by atoms with Crippen molar-refractivity contribution >= 4 is 40.5 Å². The van der Waals surface area contributed by atoms with Gasteiger partial charge in [0.2, 0.25) is 0 Å². The Hall–Kier alpha value is -1.78. The van der Waals surface area contributed by atoms with Crippen LogP contribution >= 0.6 is 23.2 Å². The van der Waals surface area contributed by atoms with Crippen LogP contribution in [0.1, 0.15) is 10.4 Å². The number of benzene rings is 2. The molecule has 0 aromatic heterocycles. The third kappa shape index (κ3) is 2.80. The smallest absolute Gasteiger partial charge is 0.259 e. The summed E-state index contributed by atoms with van der Waals surface area (Å²) in [5.74, 6) is -1.25. The number of carbonyl (C=O) groups is 1. The van der Waals surface area contributed by atoms with Crippen LogP contribution < -0.4 is 11.1 Å². The number of para-hydroxylation sites is 1. The van der Waals surface area contributed by atoms with Crippen LogP contribution in [0.2, 0.25) is 10.0 Å². The van der Waals surface area contributed by atoms with Crippen LogP contribution in [-0.2, 0) is 0 Å². The summed E-state index contributed by atoms with van der Waals surface area (Å²) in [4.78, 5) is 12.1. The summed E-state index contributed by atoms with van der Waals surface area (Å²) < 4.78 is 13.6. The number of rotatable bonds is 2. The molecule has 6 heteroatoms. The molecule has 0 heterocycles. The summed E-state index contributed by atoms with van der Waals surface area (Å²) in [6.07, 6.45) is 0. The van der Waals surface area contributed by atoms with Crippen molar-refractivity contribution in [3.63, 3.8) is 0 Å². The Morgan fingerprint density at radius 1 is 1.11 bits per heavy atom. The van der Waals surface area contributed by atoms with Crippen molar-refractivity contribution in [3.8, 4) is 0 Å². The zero-order chi connectivity index (χ0) is 14.0. The molecule has 0 radical (unpaired) electrons. The van der Waals surface area contributed by atoms with E-state index < -0.39 is 11.7 Å². The maximum Gasteiger partial charge on any atom is 0.259 e. The van der Waals surface area contributed by atoms with Crippen molar-refractivity contribution in [2.75, 3.05) is 11.1 Å². The van der Waals surface area contributed by atoms with Gasteiger partial charge in [0.15, 0.2) is 0 Å². The van der Waals surface area contributed by atoms with Crippen LogP contribution in [0.15, 0.2) is 36.4 Å². The first-order chi connectivity index (χ1) is 9.00. The molecule has 0 aliphatic heterocycles. The molecule has 0 saturated carbocycles. The molecule has 2 rings (SSSR count). The molecule has 0 atom stereocenters. The van der Waals surface area contributed by atoms with Gasteiger partial charge in [-0.05, 0) is 24.3 Å². The van der Waals surface area contributed by atoms with Gasteiger partial charge in [-0.25, -0.2) is 4.39 Å². The van der Waals surface area contributed by atoms with Gasteiger partial charge in [-0.3, -0.25) is 4.79 Å². The maximum absolute atomic E-state index is 13.6. The van der Waals surface area contributed by atoms with Gasteiger partial charge in [-0.15, -0.1) is 0 Å². The molecule has 0 bridgehead atoms. The number of nitrogens with two attached hydrogens (primary N) is 1. The van der Waals surface area contributed by atoms with Crippen molar-refractivity contribution in [1.82, 2.24) is 0 Å². The Bertz CT molecular complexity index is 606. The standard InChI is InChI=1S/C13H9Cl2FN2O/c14-7-3-2-6-10(17)11(7)13(19)18-12-8(15)4-1-5-9(12)16/h1-6H,17H2,(H,18,19). The minimum atomic E-state index is -0.633. The molecule has 0 fully saturated rings. The number of amides is 1. The fourth-order valence-electron chi connectivity index (χ4n) is 1.57. The SMILES string of the molecule is Nc1cccc(Cl)c1C(=O)Nc1c(F)cccc1Cl. The number of carbonyl (C=O) groups excluding carboxylic acids is 1. The molecule has 3 nitrogen and oxygen atoms in total. The minimum absolute atomic E-state index is 0.0866. The number of hydrogen-bond donors (Lipinski definition) is 2. The van der Waals surface area contributed by atoms with Gasteiger partial charge in [0.1, 0.15) is 5.82 Å². The van der Waals surface area contributed by atoms with Gasteiger partial charge in [-0.2, -0.15) is 0 Å². The lowest BCUT2D eigenvalue weighted by Gasteiger charge is -2.10. The van der Waals surface area contributed by atoms with Crippen LogP contribution in [0.5, 0.6) is 0 Å². The Morgan fingerprint density at radius 3 is 2.37 bits per heavy atom. The summed E-state index contributed by atoms with van der Waals surface area (Å²) in [7, 11) is 0. The maximum atomic E-state index is 13.6. The highest BCUT2D eigenvalue weighted by atomic mass is 35.5. The Labute approximate surface area is 119 Å². The van der Waals surface area contributed by atoms with Crippen LogP contribution in [0, 0.1) is 5.82 Å². The van der Waals surface area contributed by atoms with E-state index >= 15 is 0 Å². The summed E-state index contributed by atoms with van der Waals surface area (Å²) >= 11 is 11.7. The number of halogens is 3. The van der Waals surface area contributed by atoms with Crippen LogP contribution in [-0.4, -0.2) is 5.91 Å². The van der Waals surface area contributed by atoms with E-state index in [-0.39, 0.29) is 27.0 Å². The lowest BCUT2D eigenvalue weighted by atomic mass is 10.1. The van der Waals surface area contributed by atoms with Crippen molar-refractivity contribution < 1.29 is 9.18 Å². The molecule has 0 aliphatic rings. The van der Waals surface area contributed by atoms with E-state index in [0.29, 0.717) is 0 Å². The normalized spacial score (nSPS) is 10.3. The lowest BCUT2D eigenvalue weighted by Crippen LogP contribution is -2.15. The van der Waals surface area contributed by atoms with E-state index in [1.165, 1.54) is 30.3 Å². The molecule has 0 spiro atoms. The van der Waals surface area contributed by atoms with E-state index in [9.17, 15) is 9.18 Å². The van der Waals surface area contributed by atoms with Crippen molar-refractivity contribution in [1.29, 1.82) is 0 Å². The van der Waals surface area contributed by atoms with E-state index in [2.05, 4.69) is 5.32 Å². The molecule has 1 amide bonds. The minimum Gasteiger partial charge on any atom is -0.398 e. The molecular weight excluding hydrogens is 290 g/mol. The molecule has 0 unspecified atom stereocenters. The van der Waals surface area contributed by atoms with Crippen molar-refractivity contribution in [3.05, 3.63) is 57.8 Å². The van der Waals surface area contributed by atoms with Crippen LogP contribution in [0.4, 0.5) is 15.8 Å². The fourth-order valence-corrected chi connectivity index (χ4v) is 2.05. The average molecular weight is 299 g/mol. The summed E-state index contributed by atoms with van der Waals surface area (Å²) in [6.45, 7) is 0. The topological polar surface area (TPSA) is 55.1 Å². The van der Waals surface area contributed by atoms with Crippen molar-refractivity contribution in [2.24, 2.45) is 0 Å². The van der Waals surface area contributed by atoms with Gasteiger partial charge >= 0.3 is 0 Å². The largest absolute Gasteiger partial charge is 0.398 e. The molecule has 2 aromatic carbocycles. The molecule has 3 N–H and O–H groups in total. The first-order valence-corrected chi connectivity index (χ1v) is 6.05. The van der Waals surface area contributed by atoms with E-state index in [4.69, 9.17) is 28.9 Å². The molecule has 0 aliphatic carbocycles. The van der Waals surface area contributed by atoms with E-state index in [1.54, 1.807) is 6.07 Å². The van der Waals surface area contributed by atoms with Gasteiger partial charge in [0, 0.05) is 5.69 Å². The fraction of sp³-hybridized carbons (Fsp3) is 0. The van der Waals surface area contributed by atoms with Gasteiger partial charge in [-0.1, -0.05) is 35.3 Å². The number of hydrogen-bond acceptors (Lipinski definition) is 2. The summed E-state index contributed by atoms with van der Waals surface area (Å²) in [6, 6.07) is 8.77. The molecule has 19 heavy (non-hydrogen) atoms. The van der Waals surface area contributed by atoms with Gasteiger partial charge in [0.05, 0.1) is 21.3 Å². The third-order valence-corrected chi connectivity index (χ3v) is 3.10. The second-order valence-electron chi connectivity index (χ2n) is 3.75. The predicted molar refractivity (Wildman–Crippen MR) is 75.2 cm³/mol. The highest BCUT2D eigenvalue weighted by molar-refractivity contribution is 6.36. The highest BCUT2D eigenvalue weighted by Crippen LogP contribution is 2.27. The second kappa shape index (κ2) is 5.47. The average Bonchev–Trinajstić information content (AvgIpc) is 2.34. The molecular formula is C13H9Cl2FN2O. The Kier molecular flexibility index (Phi) is 3.93. The molecule has 2 aromatic rings. The first-order valence-electron chi connectivity index (χ1n) is 5.30. The monoisotopic (exact) mass is 298 g/mol. The van der Waals surface area contributed by atoms with Gasteiger partial charge < -0.3 is 11.1 Å². The highest BCUT2D eigenvalue weighted by Gasteiger charge is 2.17. The lowest BCUT2D eigenvalue weighted by molar-refractivity contribution is 0.102. The van der Waals surface area contributed by atoms with Crippen molar-refractivity contribution in [2.45, 2.75) is 0 Å². The zero-order valence-corrected chi connectivity index (χ0v) is 11.1. The number of nitrogen functional groups attached to an aromatic ring is 1. The quantitative estimate of drug-likeness (QED) is 0.824. The first kappa shape index (κ1) is 13.6. The van der Waals surface area contributed by atoms with Crippen LogP contribution in [0.25, 0.3) is 0 Å². The third-order valence-electron chi connectivity index (χ3n) is 2.47. The Balaban J connectivity index is 2.37.